The number of para-hydroxylation sites is 1. The van der Waals surface area contributed by atoms with Crippen LogP contribution in [0.2, 0.25) is 10.0 Å². The number of halogens is 2. The third-order valence-corrected chi connectivity index (χ3v) is 4.00. The van der Waals surface area contributed by atoms with Gasteiger partial charge in [0.25, 0.3) is 0 Å². The summed E-state index contributed by atoms with van der Waals surface area (Å²) in [6.45, 7) is 0.939. The molecule has 1 aliphatic heterocycles. The fraction of sp³-hybridized carbons (Fsp3) is 0.176. The van der Waals surface area contributed by atoms with Gasteiger partial charge in [0.05, 0.1) is 15.7 Å². The van der Waals surface area contributed by atoms with E-state index in [1.54, 1.807) is 36.4 Å². The van der Waals surface area contributed by atoms with E-state index in [0.29, 0.717) is 40.4 Å². The molecule has 25 heavy (non-hydrogen) atoms. The van der Waals surface area contributed by atoms with Crippen LogP contribution in [0, 0.1) is 0 Å². The summed E-state index contributed by atoms with van der Waals surface area (Å²) in [6.07, 6.45) is -0.379. The Morgan fingerprint density at radius 1 is 0.920 bits per heavy atom. The van der Waals surface area contributed by atoms with Crippen LogP contribution in [0.1, 0.15) is 6.42 Å². The number of carbonyl (C=O) groups excluding carboxylic acids is 2. The maximum absolute atomic E-state index is 12.0. The van der Waals surface area contributed by atoms with Crippen molar-refractivity contribution >= 4 is 46.4 Å². The number of carbonyl (C=O) groups is 2. The smallest absolute Gasteiger partial charge is 0.233 e. The first kappa shape index (κ1) is 17.4. The van der Waals surface area contributed by atoms with Crippen LogP contribution in [0.5, 0.6) is 11.5 Å². The molecule has 3 rings (SSSR count). The van der Waals surface area contributed by atoms with Crippen molar-refractivity contribution in [1.29, 1.82) is 0 Å². The van der Waals surface area contributed by atoms with Gasteiger partial charge in [-0.05, 0) is 24.3 Å². The minimum Gasteiger partial charge on any atom is -0.486 e. The molecule has 2 aromatic carbocycles. The maximum Gasteiger partial charge on any atom is 0.233 e. The molecular formula is C17H14Cl2N2O4. The van der Waals surface area contributed by atoms with Gasteiger partial charge in [0, 0.05) is 11.8 Å². The summed E-state index contributed by atoms with van der Waals surface area (Å²) in [6, 6.07) is 9.88. The lowest BCUT2D eigenvalue weighted by Crippen LogP contribution is -2.22. The molecule has 0 saturated heterocycles. The Labute approximate surface area is 154 Å². The van der Waals surface area contributed by atoms with Gasteiger partial charge in [-0.25, -0.2) is 0 Å². The molecule has 130 valence electrons. The number of fused-ring (bicyclic) bond motifs is 1. The lowest BCUT2D eigenvalue weighted by Gasteiger charge is -2.19. The van der Waals surface area contributed by atoms with Crippen LogP contribution in [0.3, 0.4) is 0 Å². The molecule has 8 heteroatoms. The highest BCUT2D eigenvalue weighted by Gasteiger charge is 2.16. The van der Waals surface area contributed by atoms with Crippen LogP contribution in [-0.4, -0.2) is 25.0 Å². The lowest BCUT2D eigenvalue weighted by molar-refractivity contribution is -0.123. The van der Waals surface area contributed by atoms with Crippen molar-refractivity contribution in [2.24, 2.45) is 0 Å². The van der Waals surface area contributed by atoms with Crippen molar-refractivity contribution in [3.05, 3.63) is 46.4 Å². The van der Waals surface area contributed by atoms with Crippen LogP contribution in [0.15, 0.2) is 36.4 Å². The van der Waals surface area contributed by atoms with Gasteiger partial charge in [-0.1, -0.05) is 29.3 Å². The fourth-order valence-corrected chi connectivity index (χ4v) is 2.76. The molecule has 1 heterocycles. The lowest BCUT2D eigenvalue weighted by atomic mass is 10.2. The molecule has 0 fully saturated rings. The van der Waals surface area contributed by atoms with E-state index in [9.17, 15) is 9.59 Å². The van der Waals surface area contributed by atoms with Crippen LogP contribution in [-0.2, 0) is 9.59 Å². The molecule has 0 bridgehead atoms. The van der Waals surface area contributed by atoms with Crippen LogP contribution < -0.4 is 20.1 Å². The number of ether oxygens (including phenoxy) is 2. The number of hydrogen-bond acceptors (Lipinski definition) is 4. The van der Waals surface area contributed by atoms with E-state index in [1.807, 2.05) is 0 Å². The summed E-state index contributed by atoms with van der Waals surface area (Å²) < 4.78 is 10.9. The molecule has 2 N–H and O–H groups in total. The van der Waals surface area contributed by atoms with E-state index in [-0.39, 0.29) is 12.1 Å². The SMILES string of the molecule is O=C(CC(=O)Nc1c(Cl)cccc1Cl)Nc1ccc2c(c1)OCCO2. The molecule has 6 nitrogen and oxygen atoms in total. The fourth-order valence-electron chi connectivity index (χ4n) is 2.27. The van der Waals surface area contributed by atoms with Crippen molar-refractivity contribution in [1.82, 2.24) is 0 Å². The van der Waals surface area contributed by atoms with Crippen molar-refractivity contribution in [2.75, 3.05) is 23.8 Å². The Bertz CT molecular complexity index is 806. The van der Waals surface area contributed by atoms with Gasteiger partial charge in [-0.15, -0.1) is 0 Å². The van der Waals surface area contributed by atoms with Crippen LogP contribution in [0.25, 0.3) is 0 Å². The normalized spacial score (nSPS) is 12.4. The quantitative estimate of drug-likeness (QED) is 0.792. The second-order valence-corrected chi connectivity index (χ2v) is 6.04. The largest absolute Gasteiger partial charge is 0.486 e. The zero-order chi connectivity index (χ0) is 17.8. The highest BCUT2D eigenvalue weighted by molar-refractivity contribution is 6.39. The highest BCUT2D eigenvalue weighted by atomic mass is 35.5. The predicted octanol–water partition coefficient (Wildman–Crippen LogP) is 3.73. The molecule has 2 aromatic rings. The third kappa shape index (κ3) is 4.35. The van der Waals surface area contributed by atoms with Crippen molar-refractivity contribution < 1.29 is 19.1 Å². The molecule has 0 aromatic heterocycles. The van der Waals surface area contributed by atoms with Gasteiger partial charge in [-0.2, -0.15) is 0 Å². The summed E-state index contributed by atoms with van der Waals surface area (Å²) in [5.41, 5.74) is 0.792. The molecule has 0 atom stereocenters. The number of rotatable bonds is 4. The zero-order valence-electron chi connectivity index (χ0n) is 13.0. The first-order valence-corrected chi connectivity index (χ1v) is 8.22. The number of nitrogens with one attached hydrogen (secondary N) is 2. The maximum atomic E-state index is 12.0. The van der Waals surface area contributed by atoms with Gasteiger partial charge < -0.3 is 20.1 Å². The van der Waals surface area contributed by atoms with Gasteiger partial charge in [0.1, 0.15) is 19.6 Å². The topological polar surface area (TPSA) is 76.7 Å². The Morgan fingerprint density at radius 2 is 1.56 bits per heavy atom. The Morgan fingerprint density at radius 3 is 2.28 bits per heavy atom. The van der Waals surface area contributed by atoms with Gasteiger partial charge in [0.15, 0.2) is 11.5 Å². The molecule has 0 saturated carbocycles. The van der Waals surface area contributed by atoms with E-state index in [2.05, 4.69) is 10.6 Å². The Kier molecular flexibility index (Phi) is 5.31. The van der Waals surface area contributed by atoms with Crippen molar-refractivity contribution in [3.8, 4) is 11.5 Å². The molecule has 2 amide bonds. The first-order valence-electron chi connectivity index (χ1n) is 7.46. The van der Waals surface area contributed by atoms with E-state index < -0.39 is 11.8 Å². The average Bonchev–Trinajstić information content (AvgIpc) is 2.58. The average molecular weight is 381 g/mol. The first-order chi connectivity index (χ1) is 12.0. The molecule has 0 unspecified atom stereocenters. The van der Waals surface area contributed by atoms with Crippen LogP contribution >= 0.6 is 23.2 Å². The van der Waals surface area contributed by atoms with E-state index in [4.69, 9.17) is 32.7 Å². The monoisotopic (exact) mass is 380 g/mol. The molecular weight excluding hydrogens is 367 g/mol. The van der Waals surface area contributed by atoms with E-state index in [1.165, 1.54) is 0 Å². The van der Waals surface area contributed by atoms with Crippen molar-refractivity contribution in [2.45, 2.75) is 6.42 Å². The second kappa shape index (κ2) is 7.63. The molecule has 0 aliphatic carbocycles. The minimum atomic E-state index is -0.523. The highest BCUT2D eigenvalue weighted by Crippen LogP contribution is 2.33. The van der Waals surface area contributed by atoms with Crippen molar-refractivity contribution in [3.63, 3.8) is 0 Å². The third-order valence-electron chi connectivity index (χ3n) is 3.37. The summed E-state index contributed by atoms with van der Waals surface area (Å²) >= 11 is 12.0. The number of hydrogen-bond donors (Lipinski definition) is 2. The van der Waals surface area contributed by atoms with Gasteiger partial charge in [0.2, 0.25) is 11.8 Å². The Hall–Kier alpha value is -2.44. The summed E-state index contributed by atoms with van der Waals surface area (Å²) in [4.78, 5) is 24.1. The minimum absolute atomic E-state index is 0.281. The molecule has 0 spiro atoms. The second-order valence-electron chi connectivity index (χ2n) is 5.23. The standard InChI is InChI=1S/C17H14Cl2N2O4/c18-11-2-1-3-12(19)17(11)21-16(23)9-15(22)20-10-4-5-13-14(8-10)25-7-6-24-13/h1-5,8H,6-7,9H2,(H,20,22)(H,21,23). The summed E-state index contributed by atoms with van der Waals surface area (Å²) in [5, 5.41) is 5.77. The number of benzene rings is 2. The number of amides is 2. The molecule has 0 radical (unpaired) electrons. The van der Waals surface area contributed by atoms with Crippen LogP contribution in [0.4, 0.5) is 11.4 Å². The van der Waals surface area contributed by atoms with Gasteiger partial charge in [-0.3, -0.25) is 9.59 Å². The Balaban J connectivity index is 1.60. The van der Waals surface area contributed by atoms with E-state index in [0.717, 1.165) is 0 Å². The summed E-state index contributed by atoms with van der Waals surface area (Å²) in [7, 11) is 0. The molecule has 1 aliphatic rings. The summed E-state index contributed by atoms with van der Waals surface area (Å²) in [5.74, 6) is 0.175. The zero-order valence-corrected chi connectivity index (χ0v) is 14.5. The predicted molar refractivity (Wildman–Crippen MR) is 95.8 cm³/mol. The van der Waals surface area contributed by atoms with E-state index >= 15 is 0 Å². The number of anilines is 2. The van der Waals surface area contributed by atoms with Gasteiger partial charge >= 0.3 is 0 Å².